The second-order valence-corrected chi connectivity index (χ2v) is 10.3. The highest BCUT2D eigenvalue weighted by Crippen LogP contribution is 2.41. The standard InChI is InChI=1S/C25H22FN5O5S/c26-21-12(1-2-13-10-31(24(34)20(13)21)17-3-4-19(32)30-23(17)33)7-28-25(35)36-15-5-14(6-15)16-8-27-9-18-22(16)29-11-37-18/h1-2,8-9,11,14-15,17H,3-7,10H2,(H,28,35)(H,30,32,33)/t14?,15?,17-/m1/s1. The number of aromatic nitrogens is 2. The molecule has 0 unspecified atom stereocenters. The lowest BCUT2D eigenvalue weighted by molar-refractivity contribution is -0.136. The van der Waals surface area contributed by atoms with Crippen LogP contribution in [0.25, 0.3) is 10.2 Å². The minimum Gasteiger partial charge on any atom is -0.446 e. The van der Waals surface area contributed by atoms with Crippen LogP contribution in [0.2, 0.25) is 0 Å². The van der Waals surface area contributed by atoms with E-state index in [1.807, 2.05) is 6.20 Å². The highest BCUT2D eigenvalue weighted by molar-refractivity contribution is 7.16. The summed E-state index contributed by atoms with van der Waals surface area (Å²) in [5.41, 5.74) is 4.27. The first kappa shape index (κ1) is 23.5. The van der Waals surface area contributed by atoms with E-state index in [1.165, 1.54) is 22.3 Å². The number of piperidine rings is 1. The van der Waals surface area contributed by atoms with Gasteiger partial charge in [0.2, 0.25) is 11.8 Å². The van der Waals surface area contributed by atoms with Crippen LogP contribution in [-0.4, -0.2) is 50.8 Å². The average molecular weight is 524 g/mol. The van der Waals surface area contributed by atoms with Crippen molar-refractivity contribution < 1.29 is 28.3 Å². The molecular formula is C25H22FN5O5S. The lowest BCUT2D eigenvalue weighted by atomic mass is 9.77. The van der Waals surface area contributed by atoms with Crippen molar-refractivity contribution in [2.24, 2.45) is 0 Å². The molecule has 1 aliphatic carbocycles. The van der Waals surface area contributed by atoms with E-state index < -0.39 is 29.8 Å². The van der Waals surface area contributed by atoms with Gasteiger partial charge >= 0.3 is 6.09 Å². The second kappa shape index (κ2) is 9.18. The fraction of sp³-hybridized carbons (Fsp3) is 0.360. The minimum atomic E-state index is -0.821. The third kappa shape index (κ3) is 4.20. The lowest BCUT2D eigenvalue weighted by Gasteiger charge is -2.34. The minimum absolute atomic E-state index is 0.0834. The molecule has 190 valence electrons. The van der Waals surface area contributed by atoms with Crippen LogP contribution in [0, 0.1) is 5.82 Å². The summed E-state index contributed by atoms with van der Waals surface area (Å²) in [6.45, 7) is -0.0675. The number of amides is 4. The lowest BCUT2D eigenvalue weighted by Crippen LogP contribution is -2.52. The Morgan fingerprint density at radius 3 is 2.89 bits per heavy atom. The smallest absolute Gasteiger partial charge is 0.407 e. The molecule has 2 aliphatic heterocycles. The fourth-order valence-electron chi connectivity index (χ4n) is 5.17. The number of benzene rings is 1. The summed E-state index contributed by atoms with van der Waals surface area (Å²) >= 11 is 1.53. The van der Waals surface area contributed by atoms with Crippen molar-refractivity contribution in [1.29, 1.82) is 0 Å². The van der Waals surface area contributed by atoms with Crippen molar-refractivity contribution in [1.82, 2.24) is 25.5 Å². The van der Waals surface area contributed by atoms with Gasteiger partial charge in [0.05, 0.1) is 21.3 Å². The maximum absolute atomic E-state index is 15.2. The molecule has 1 aromatic carbocycles. The molecule has 4 heterocycles. The molecule has 3 aliphatic rings. The predicted octanol–water partition coefficient (Wildman–Crippen LogP) is 2.76. The maximum atomic E-state index is 15.2. The number of carbonyl (C=O) groups is 4. The number of nitrogens with zero attached hydrogens (tertiary/aromatic N) is 3. The number of thiazole rings is 1. The van der Waals surface area contributed by atoms with Gasteiger partial charge < -0.3 is 15.0 Å². The van der Waals surface area contributed by atoms with Crippen LogP contribution >= 0.6 is 11.3 Å². The van der Waals surface area contributed by atoms with E-state index in [1.54, 1.807) is 17.8 Å². The quantitative estimate of drug-likeness (QED) is 0.492. The highest BCUT2D eigenvalue weighted by Gasteiger charge is 2.41. The molecule has 6 rings (SSSR count). The van der Waals surface area contributed by atoms with Crippen LogP contribution < -0.4 is 10.6 Å². The molecule has 0 spiro atoms. The van der Waals surface area contributed by atoms with Gasteiger partial charge in [-0.25, -0.2) is 14.2 Å². The Balaban J connectivity index is 1.04. The summed E-state index contributed by atoms with van der Waals surface area (Å²) in [7, 11) is 0. The second-order valence-electron chi connectivity index (χ2n) is 9.45. The number of pyridine rings is 1. The van der Waals surface area contributed by atoms with E-state index in [-0.39, 0.29) is 55.0 Å². The number of alkyl carbamates (subject to hydrolysis) is 1. The summed E-state index contributed by atoms with van der Waals surface area (Å²) in [4.78, 5) is 58.9. The number of imide groups is 1. The van der Waals surface area contributed by atoms with Crippen molar-refractivity contribution >= 4 is 45.4 Å². The Hall–Kier alpha value is -3.93. The van der Waals surface area contributed by atoms with Gasteiger partial charge in [0, 0.05) is 43.0 Å². The Kier molecular flexibility index (Phi) is 5.82. The molecule has 37 heavy (non-hydrogen) atoms. The Morgan fingerprint density at radius 1 is 1.24 bits per heavy atom. The van der Waals surface area contributed by atoms with Crippen molar-refractivity contribution in [3.63, 3.8) is 0 Å². The SMILES string of the molecule is O=C1CC[C@@H](N2Cc3ccc(CNC(=O)OC4CC(c5cncc6scnc56)C4)c(F)c3C2=O)C(=O)N1. The first-order chi connectivity index (χ1) is 17.9. The summed E-state index contributed by atoms with van der Waals surface area (Å²) in [6, 6.07) is 2.31. The van der Waals surface area contributed by atoms with Crippen LogP contribution in [0.5, 0.6) is 0 Å². The van der Waals surface area contributed by atoms with Gasteiger partial charge in [0.25, 0.3) is 5.91 Å². The highest BCUT2D eigenvalue weighted by atomic mass is 32.1. The number of hydrogen-bond donors (Lipinski definition) is 2. The summed E-state index contributed by atoms with van der Waals surface area (Å²) in [6.07, 6.45) is 4.31. The number of halogens is 1. The zero-order valence-electron chi connectivity index (χ0n) is 19.5. The van der Waals surface area contributed by atoms with E-state index in [0.29, 0.717) is 18.4 Å². The van der Waals surface area contributed by atoms with Crippen molar-refractivity contribution in [2.45, 2.75) is 56.8 Å². The molecule has 0 bridgehead atoms. The first-order valence-electron chi connectivity index (χ1n) is 12.0. The van der Waals surface area contributed by atoms with Crippen molar-refractivity contribution in [2.75, 3.05) is 0 Å². The Labute approximate surface area is 214 Å². The zero-order valence-corrected chi connectivity index (χ0v) is 20.3. The van der Waals surface area contributed by atoms with Crippen LogP contribution in [0.4, 0.5) is 9.18 Å². The molecule has 2 N–H and O–H groups in total. The number of carbonyl (C=O) groups excluding carboxylic acids is 4. The van der Waals surface area contributed by atoms with Gasteiger partial charge in [-0.15, -0.1) is 11.3 Å². The van der Waals surface area contributed by atoms with Crippen LogP contribution in [0.3, 0.4) is 0 Å². The molecule has 2 fully saturated rings. The monoisotopic (exact) mass is 523 g/mol. The van der Waals surface area contributed by atoms with E-state index in [2.05, 4.69) is 20.6 Å². The van der Waals surface area contributed by atoms with Crippen LogP contribution in [0.15, 0.2) is 30.0 Å². The third-order valence-corrected chi connectivity index (χ3v) is 7.98. The first-order valence-corrected chi connectivity index (χ1v) is 12.8. The molecule has 2 aromatic heterocycles. The van der Waals surface area contributed by atoms with Crippen molar-refractivity contribution in [3.05, 3.63) is 58.1 Å². The summed E-state index contributed by atoms with van der Waals surface area (Å²) in [5, 5.41) is 4.78. The van der Waals surface area contributed by atoms with E-state index in [4.69, 9.17) is 4.74 Å². The number of ether oxygens (including phenoxy) is 1. The Morgan fingerprint density at radius 2 is 2.08 bits per heavy atom. The van der Waals surface area contributed by atoms with Gasteiger partial charge in [-0.1, -0.05) is 12.1 Å². The van der Waals surface area contributed by atoms with E-state index >= 15 is 4.39 Å². The maximum Gasteiger partial charge on any atom is 0.407 e. The number of nitrogens with one attached hydrogen (secondary N) is 2. The van der Waals surface area contributed by atoms with Gasteiger partial charge in [-0.05, 0) is 30.7 Å². The molecule has 10 nitrogen and oxygen atoms in total. The van der Waals surface area contributed by atoms with Gasteiger partial charge in [0.15, 0.2) is 0 Å². The topological polar surface area (TPSA) is 131 Å². The van der Waals surface area contributed by atoms with Gasteiger partial charge in [0.1, 0.15) is 18.0 Å². The van der Waals surface area contributed by atoms with Gasteiger partial charge in [-0.3, -0.25) is 24.7 Å². The normalized spacial score (nSPS) is 23.0. The Bertz CT molecular complexity index is 1450. The number of hydrogen-bond acceptors (Lipinski definition) is 8. The molecule has 1 saturated carbocycles. The molecule has 1 saturated heterocycles. The predicted molar refractivity (Wildman–Crippen MR) is 129 cm³/mol. The summed E-state index contributed by atoms with van der Waals surface area (Å²) in [5.74, 6) is -2.06. The fourth-order valence-corrected chi connectivity index (χ4v) is 5.85. The van der Waals surface area contributed by atoms with E-state index in [0.717, 1.165) is 15.8 Å². The third-order valence-electron chi connectivity index (χ3n) is 7.22. The zero-order chi connectivity index (χ0) is 25.7. The number of rotatable bonds is 5. The largest absolute Gasteiger partial charge is 0.446 e. The van der Waals surface area contributed by atoms with Crippen LogP contribution in [0.1, 0.15) is 58.6 Å². The molecule has 0 radical (unpaired) electrons. The summed E-state index contributed by atoms with van der Waals surface area (Å²) < 4.78 is 21.7. The van der Waals surface area contributed by atoms with Crippen molar-refractivity contribution in [3.8, 4) is 0 Å². The molecular weight excluding hydrogens is 501 g/mol. The van der Waals surface area contributed by atoms with Crippen LogP contribution in [-0.2, 0) is 27.4 Å². The molecule has 4 amide bonds. The molecule has 12 heteroatoms. The number of fused-ring (bicyclic) bond motifs is 2. The average Bonchev–Trinajstić information content (AvgIpc) is 3.46. The van der Waals surface area contributed by atoms with E-state index in [9.17, 15) is 19.2 Å². The molecule has 1 atom stereocenters. The van der Waals surface area contributed by atoms with Gasteiger partial charge in [-0.2, -0.15) is 0 Å². The molecule has 3 aromatic rings.